The fourth-order valence-corrected chi connectivity index (χ4v) is 3.96. The zero-order valence-corrected chi connectivity index (χ0v) is 15.1. The standard InChI is InChI=1S/C19H20N4O2S/c24-17-7-3-9-23(17)10-4-8-20-18(25)16-12-26-19(22-16)15-11-13-5-1-2-6-14(13)21-15/h1-2,5-6,11-12,21H,3-4,7-10H2,(H,20,25). The zero-order chi connectivity index (χ0) is 17.9. The number of nitrogens with zero attached hydrogens (tertiary/aromatic N) is 2. The van der Waals surface area contributed by atoms with Crippen molar-refractivity contribution in [3.8, 4) is 10.7 Å². The SMILES string of the molecule is O=C(NCCCN1CCCC1=O)c1csc(-c2cc3ccccc3[nH]2)n1. The molecule has 2 aromatic heterocycles. The molecule has 3 aromatic rings. The Kier molecular flexibility index (Phi) is 4.71. The van der Waals surface area contributed by atoms with Gasteiger partial charge in [0, 0.05) is 42.3 Å². The number of para-hydroxylation sites is 1. The Hall–Kier alpha value is -2.67. The van der Waals surface area contributed by atoms with E-state index in [1.54, 1.807) is 5.38 Å². The van der Waals surface area contributed by atoms with Gasteiger partial charge in [-0.1, -0.05) is 18.2 Å². The number of thiazole rings is 1. The monoisotopic (exact) mass is 368 g/mol. The van der Waals surface area contributed by atoms with E-state index >= 15 is 0 Å². The maximum absolute atomic E-state index is 12.3. The van der Waals surface area contributed by atoms with Crippen LogP contribution in [0.5, 0.6) is 0 Å². The number of H-pyrrole nitrogens is 1. The van der Waals surface area contributed by atoms with Gasteiger partial charge in [0.2, 0.25) is 5.91 Å². The molecule has 4 rings (SSSR count). The van der Waals surface area contributed by atoms with Gasteiger partial charge < -0.3 is 15.2 Å². The second kappa shape index (κ2) is 7.29. The Labute approximate surface area is 155 Å². The molecule has 0 radical (unpaired) electrons. The van der Waals surface area contributed by atoms with E-state index in [4.69, 9.17) is 0 Å². The number of aromatic amines is 1. The van der Waals surface area contributed by atoms with Crippen molar-refractivity contribution >= 4 is 34.1 Å². The second-order valence-corrected chi connectivity index (χ2v) is 7.26. The molecule has 0 aliphatic carbocycles. The van der Waals surface area contributed by atoms with Crippen molar-refractivity contribution in [2.75, 3.05) is 19.6 Å². The Morgan fingerprint density at radius 3 is 3.04 bits per heavy atom. The number of likely N-dealkylation sites (tertiary alicyclic amines) is 1. The highest BCUT2D eigenvalue weighted by Crippen LogP contribution is 2.26. The molecule has 1 aromatic carbocycles. The van der Waals surface area contributed by atoms with Gasteiger partial charge in [0.15, 0.2) is 0 Å². The maximum Gasteiger partial charge on any atom is 0.270 e. The van der Waals surface area contributed by atoms with Gasteiger partial charge in [-0.2, -0.15) is 0 Å². The van der Waals surface area contributed by atoms with Crippen molar-refractivity contribution in [3.05, 3.63) is 41.4 Å². The van der Waals surface area contributed by atoms with E-state index in [0.717, 1.165) is 41.0 Å². The molecule has 3 heterocycles. The molecule has 0 unspecified atom stereocenters. The quantitative estimate of drug-likeness (QED) is 0.657. The number of rotatable bonds is 6. The van der Waals surface area contributed by atoms with E-state index in [-0.39, 0.29) is 11.8 Å². The van der Waals surface area contributed by atoms with Crippen molar-refractivity contribution in [3.63, 3.8) is 0 Å². The summed E-state index contributed by atoms with van der Waals surface area (Å²) in [5.74, 6) is 0.0511. The van der Waals surface area contributed by atoms with Crippen LogP contribution in [0.1, 0.15) is 29.8 Å². The van der Waals surface area contributed by atoms with Gasteiger partial charge in [0.25, 0.3) is 5.91 Å². The molecule has 1 aliphatic heterocycles. The lowest BCUT2D eigenvalue weighted by Gasteiger charge is -2.14. The Bertz CT molecular complexity index is 913. The highest BCUT2D eigenvalue weighted by molar-refractivity contribution is 7.13. The number of amides is 2. The number of fused-ring (bicyclic) bond motifs is 1. The number of carbonyl (C=O) groups excluding carboxylic acids is 2. The first-order chi connectivity index (χ1) is 12.7. The normalized spacial score (nSPS) is 14.3. The molecule has 2 amide bonds. The fraction of sp³-hybridized carbons (Fsp3) is 0.316. The Balaban J connectivity index is 1.33. The van der Waals surface area contributed by atoms with Crippen LogP contribution >= 0.6 is 11.3 Å². The highest BCUT2D eigenvalue weighted by atomic mass is 32.1. The second-order valence-electron chi connectivity index (χ2n) is 6.40. The molecule has 6 nitrogen and oxygen atoms in total. The Morgan fingerprint density at radius 1 is 1.35 bits per heavy atom. The third kappa shape index (κ3) is 3.48. The first-order valence-electron chi connectivity index (χ1n) is 8.80. The maximum atomic E-state index is 12.3. The first-order valence-corrected chi connectivity index (χ1v) is 9.68. The van der Waals surface area contributed by atoms with E-state index in [1.807, 2.05) is 35.2 Å². The number of aromatic nitrogens is 2. The minimum absolute atomic E-state index is 0.170. The van der Waals surface area contributed by atoms with E-state index in [9.17, 15) is 9.59 Å². The van der Waals surface area contributed by atoms with Crippen molar-refractivity contribution in [2.24, 2.45) is 0 Å². The summed E-state index contributed by atoms with van der Waals surface area (Å²) in [6, 6.07) is 10.1. The summed E-state index contributed by atoms with van der Waals surface area (Å²) in [7, 11) is 0. The number of hydrogen-bond acceptors (Lipinski definition) is 4. The van der Waals surface area contributed by atoms with Gasteiger partial charge in [-0.25, -0.2) is 4.98 Å². The van der Waals surface area contributed by atoms with Crippen LogP contribution in [-0.4, -0.2) is 46.3 Å². The average molecular weight is 368 g/mol. The minimum atomic E-state index is -0.170. The van der Waals surface area contributed by atoms with Crippen molar-refractivity contribution < 1.29 is 9.59 Å². The van der Waals surface area contributed by atoms with Crippen molar-refractivity contribution in [2.45, 2.75) is 19.3 Å². The lowest BCUT2D eigenvalue weighted by atomic mass is 10.2. The van der Waals surface area contributed by atoms with Crippen LogP contribution in [0.4, 0.5) is 0 Å². The van der Waals surface area contributed by atoms with E-state index in [0.29, 0.717) is 25.2 Å². The fourth-order valence-electron chi connectivity index (χ4n) is 3.19. The predicted molar refractivity (Wildman–Crippen MR) is 102 cm³/mol. The molecular formula is C19H20N4O2S. The summed E-state index contributed by atoms with van der Waals surface area (Å²) in [5, 5.41) is 6.59. The van der Waals surface area contributed by atoms with Crippen LogP contribution in [-0.2, 0) is 4.79 Å². The van der Waals surface area contributed by atoms with Gasteiger partial charge in [-0.05, 0) is 25.0 Å². The molecule has 26 heavy (non-hydrogen) atoms. The number of benzene rings is 1. The number of carbonyl (C=O) groups is 2. The van der Waals surface area contributed by atoms with Crippen LogP contribution < -0.4 is 5.32 Å². The van der Waals surface area contributed by atoms with Gasteiger partial charge in [-0.3, -0.25) is 9.59 Å². The molecule has 1 saturated heterocycles. The van der Waals surface area contributed by atoms with Crippen LogP contribution in [0.2, 0.25) is 0 Å². The molecule has 1 aliphatic rings. The largest absolute Gasteiger partial charge is 0.353 e. The third-order valence-electron chi connectivity index (χ3n) is 4.56. The summed E-state index contributed by atoms with van der Waals surface area (Å²) >= 11 is 1.45. The van der Waals surface area contributed by atoms with Crippen LogP contribution in [0.15, 0.2) is 35.7 Å². The molecule has 1 fully saturated rings. The lowest BCUT2D eigenvalue weighted by molar-refractivity contribution is -0.127. The molecule has 7 heteroatoms. The van der Waals surface area contributed by atoms with Gasteiger partial charge in [-0.15, -0.1) is 11.3 Å². The lowest BCUT2D eigenvalue weighted by Crippen LogP contribution is -2.30. The van der Waals surface area contributed by atoms with Gasteiger partial charge in [0.05, 0.1) is 5.69 Å². The number of nitrogens with one attached hydrogen (secondary N) is 2. The molecule has 0 spiro atoms. The summed E-state index contributed by atoms with van der Waals surface area (Å²) in [6.45, 7) is 2.09. The van der Waals surface area contributed by atoms with Gasteiger partial charge in [0.1, 0.15) is 10.7 Å². The minimum Gasteiger partial charge on any atom is -0.353 e. The topological polar surface area (TPSA) is 78.1 Å². The van der Waals surface area contributed by atoms with Crippen LogP contribution in [0.3, 0.4) is 0 Å². The molecule has 0 saturated carbocycles. The van der Waals surface area contributed by atoms with Crippen LogP contribution in [0.25, 0.3) is 21.6 Å². The molecule has 134 valence electrons. The predicted octanol–water partition coefficient (Wildman–Crippen LogP) is 3.03. The summed E-state index contributed by atoms with van der Waals surface area (Å²) < 4.78 is 0. The summed E-state index contributed by atoms with van der Waals surface area (Å²) in [6.07, 6.45) is 2.36. The first kappa shape index (κ1) is 16.8. The van der Waals surface area contributed by atoms with Gasteiger partial charge >= 0.3 is 0 Å². The summed E-state index contributed by atoms with van der Waals surface area (Å²) in [5.41, 5.74) is 2.41. The number of hydrogen-bond donors (Lipinski definition) is 2. The highest BCUT2D eigenvalue weighted by Gasteiger charge is 2.19. The average Bonchev–Trinajstić information content (AvgIpc) is 3.37. The van der Waals surface area contributed by atoms with E-state index in [2.05, 4.69) is 15.3 Å². The molecule has 0 atom stereocenters. The molecular weight excluding hydrogens is 348 g/mol. The third-order valence-corrected chi connectivity index (χ3v) is 5.43. The molecule has 0 bridgehead atoms. The summed E-state index contributed by atoms with van der Waals surface area (Å²) in [4.78, 5) is 33.5. The van der Waals surface area contributed by atoms with E-state index in [1.165, 1.54) is 11.3 Å². The zero-order valence-electron chi connectivity index (χ0n) is 14.3. The van der Waals surface area contributed by atoms with Crippen molar-refractivity contribution in [1.29, 1.82) is 0 Å². The Morgan fingerprint density at radius 2 is 2.23 bits per heavy atom. The van der Waals surface area contributed by atoms with Crippen molar-refractivity contribution in [1.82, 2.24) is 20.2 Å². The molecule has 2 N–H and O–H groups in total. The van der Waals surface area contributed by atoms with E-state index < -0.39 is 0 Å². The van der Waals surface area contributed by atoms with Crippen LogP contribution in [0, 0.1) is 0 Å². The smallest absolute Gasteiger partial charge is 0.270 e.